The molecule has 5 nitrogen and oxygen atoms in total. The third-order valence-corrected chi connectivity index (χ3v) is 3.27. The molecule has 0 atom stereocenters. The molecule has 5 heteroatoms. The lowest BCUT2D eigenvalue weighted by Crippen LogP contribution is -2.33. The molecule has 0 fully saturated rings. The van der Waals surface area contributed by atoms with Crippen LogP contribution in [-0.2, 0) is 11.2 Å². The highest BCUT2D eigenvalue weighted by atomic mass is 16.4. The lowest BCUT2D eigenvalue weighted by atomic mass is 10.2. The Morgan fingerprint density at radius 2 is 2.10 bits per heavy atom. The Labute approximate surface area is 124 Å². The number of oxazole rings is 1. The Balaban J connectivity index is 1.93. The number of aliphatic hydroxyl groups excluding tert-OH is 1. The number of amides is 1. The van der Waals surface area contributed by atoms with Crippen molar-refractivity contribution in [1.29, 1.82) is 0 Å². The van der Waals surface area contributed by atoms with Gasteiger partial charge in [-0.25, -0.2) is 4.98 Å². The Morgan fingerprint density at radius 3 is 2.76 bits per heavy atom. The minimum absolute atomic E-state index is 0.00557. The van der Waals surface area contributed by atoms with E-state index in [1.165, 1.54) is 0 Å². The van der Waals surface area contributed by atoms with Crippen LogP contribution in [0.2, 0.25) is 0 Å². The highest BCUT2D eigenvalue weighted by molar-refractivity contribution is 5.76. The average Bonchev–Trinajstić information content (AvgIpc) is 3.00. The highest BCUT2D eigenvalue weighted by Crippen LogP contribution is 2.20. The zero-order chi connectivity index (χ0) is 15.1. The van der Waals surface area contributed by atoms with Gasteiger partial charge in [0.1, 0.15) is 0 Å². The van der Waals surface area contributed by atoms with Gasteiger partial charge in [0.15, 0.2) is 11.7 Å². The zero-order valence-electron chi connectivity index (χ0n) is 12.2. The molecule has 2 aromatic rings. The van der Waals surface area contributed by atoms with Gasteiger partial charge in [-0.1, -0.05) is 30.3 Å². The molecule has 0 saturated heterocycles. The van der Waals surface area contributed by atoms with E-state index in [9.17, 15) is 4.79 Å². The van der Waals surface area contributed by atoms with E-state index in [1.807, 2.05) is 37.3 Å². The molecule has 1 N–H and O–H groups in total. The van der Waals surface area contributed by atoms with Crippen LogP contribution in [0.4, 0.5) is 0 Å². The van der Waals surface area contributed by atoms with Gasteiger partial charge in [0.05, 0.1) is 12.8 Å². The smallest absolute Gasteiger partial charge is 0.223 e. The first-order valence-corrected chi connectivity index (χ1v) is 7.13. The third-order valence-electron chi connectivity index (χ3n) is 3.27. The maximum absolute atomic E-state index is 12.0. The van der Waals surface area contributed by atoms with Crippen LogP contribution in [0.3, 0.4) is 0 Å². The molecule has 1 heterocycles. The molecule has 0 aliphatic carbocycles. The van der Waals surface area contributed by atoms with Crippen molar-refractivity contribution in [2.24, 2.45) is 0 Å². The van der Waals surface area contributed by atoms with E-state index >= 15 is 0 Å². The van der Waals surface area contributed by atoms with Crippen LogP contribution in [0, 0.1) is 0 Å². The molecule has 0 bridgehead atoms. The van der Waals surface area contributed by atoms with Crippen molar-refractivity contribution < 1.29 is 14.3 Å². The van der Waals surface area contributed by atoms with Crippen LogP contribution in [0.1, 0.15) is 19.2 Å². The molecular weight excluding hydrogens is 268 g/mol. The number of aliphatic hydroxyl groups is 1. The normalized spacial score (nSPS) is 10.6. The maximum atomic E-state index is 12.0. The SMILES string of the molecule is CCN(CCO)C(=O)CCc1ncc(-c2ccccc2)o1. The molecule has 0 aliphatic rings. The molecular formula is C16H20N2O3. The van der Waals surface area contributed by atoms with E-state index in [-0.39, 0.29) is 12.5 Å². The first kappa shape index (κ1) is 15.3. The number of rotatable bonds is 7. The summed E-state index contributed by atoms with van der Waals surface area (Å²) < 4.78 is 5.66. The van der Waals surface area contributed by atoms with E-state index in [2.05, 4.69) is 4.98 Å². The quantitative estimate of drug-likeness (QED) is 0.847. The summed E-state index contributed by atoms with van der Waals surface area (Å²) in [7, 11) is 0. The number of likely N-dealkylation sites (N-methyl/N-ethyl adjacent to an activating group) is 1. The standard InChI is InChI=1S/C16H20N2O3/c1-2-18(10-11-19)16(20)9-8-15-17-12-14(21-15)13-6-4-3-5-7-13/h3-7,12,19H,2,8-11H2,1H3. The number of aromatic nitrogens is 1. The lowest BCUT2D eigenvalue weighted by molar-refractivity contribution is -0.131. The Kier molecular flexibility index (Phi) is 5.51. The van der Waals surface area contributed by atoms with Crippen molar-refractivity contribution in [1.82, 2.24) is 9.88 Å². The topological polar surface area (TPSA) is 66.6 Å². The van der Waals surface area contributed by atoms with Crippen LogP contribution >= 0.6 is 0 Å². The van der Waals surface area contributed by atoms with Crippen molar-refractivity contribution in [3.05, 3.63) is 42.4 Å². The lowest BCUT2D eigenvalue weighted by Gasteiger charge is -2.19. The number of aryl methyl sites for hydroxylation is 1. The van der Waals surface area contributed by atoms with Gasteiger partial charge in [0, 0.05) is 31.5 Å². The first-order valence-electron chi connectivity index (χ1n) is 7.13. The van der Waals surface area contributed by atoms with Crippen molar-refractivity contribution in [3.63, 3.8) is 0 Å². The molecule has 0 aliphatic heterocycles. The van der Waals surface area contributed by atoms with Gasteiger partial charge in [0.25, 0.3) is 0 Å². The van der Waals surface area contributed by atoms with Gasteiger partial charge in [-0.15, -0.1) is 0 Å². The van der Waals surface area contributed by atoms with Gasteiger partial charge in [-0.05, 0) is 6.92 Å². The number of benzene rings is 1. The molecule has 112 valence electrons. The molecule has 0 spiro atoms. The largest absolute Gasteiger partial charge is 0.441 e. The number of hydrogen-bond donors (Lipinski definition) is 1. The predicted molar refractivity (Wildman–Crippen MR) is 79.6 cm³/mol. The number of carbonyl (C=O) groups excluding carboxylic acids is 1. The van der Waals surface area contributed by atoms with Gasteiger partial charge in [0.2, 0.25) is 5.91 Å². The molecule has 1 amide bonds. The summed E-state index contributed by atoms with van der Waals surface area (Å²) in [4.78, 5) is 17.8. The molecule has 0 unspecified atom stereocenters. The second-order valence-corrected chi connectivity index (χ2v) is 4.68. The van der Waals surface area contributed by atoms with Crippen LogP contribution in [0.25, 0.3) is 11.3 Å². The molecule has 21 heavy (non-hydrogen) atoms. The van der Waals surface area contributed by atoms with Crippen molar-refractivity contribution in [2.45, 2.75) is 19.8 Å². The van der Waals surface area contributed by atoms with E-state index in [0.717, 1.165) is 5.56 Å². The van der Waals surface area contributed by atoms with E-state index in [4.69, 9.17) is 9.52 Å². The second-order valence-electron chi connectivity index (χ2n) is 4.68. The van der Waals surface area contributed by atoms with Gasteiger partial charge in [-0.2, -0.15) is 0 Å². The molecule has 1 aromatic heterocycles. The minimum Gasteiger partial charge on any atom is -0.441 e. The molecule has 1 aromatic carbocycles. The van der Waals surface area contributed by atoms with Crippen LogP contribution in [-0.4, -0.2) is 40.6 Å². The average molecular weight is 288 g/mol. The van der Waals surface area contributed by atoms with Gasteiger partial charge < -0.3 is 14.4 Å². The summed E-state index contributed by atoms with van der Waals surface area (Å²) in [5, 5.41) is 8.91. The van der Waals surface area contributed by atoms with Crippen molar-refractivity contribution in [2.75, 3.05) is 19.7 Å². The second kappa shape index (κ2) is 7.59. The Bertz CT molecular complexity index is 566. The summed E-state index contributed by atoms with van der Waals surface area (Å²) in [5.74, 6) is 1.27. The third kappa shape index (κ3) is 4.16. The van der Waals surface area contributed by atoms with E-state index < -0.39 is 0 Å². The fraction of sp³-hybridized carbons (Fsp3) is 0.375. The molecule has 2 rings (SSSR count). The van der Waals surface area contributed by atoms with E-state index in [1.54, 1.807) is 11.1 Å². The van der Waals surface area contributed by atoms with Crippen LogP contribution in [0.5, 0.6) is 0 Å². The predicted octanol–water partition coefficient (Wildman–Crippen LogP) is 2.11. The maximum Gasteiger partial charge on any atom is 0.223 e. The molecule has 0 saturated carbocycles. The Morgan fingerprint density at radius 1 is 1.33 bits per heavy atom. The molecule has 0 radical (unpaired) electrons. The minimum atomic E-state index is -0.0171. The summed E-state index contributed by atoms with van der Waals surface area (Å²) >= 11 is 0. The van der Waals surface area contributed by atoms with Crippen molar-refractivity contribution >= 4 is 5.91 Å². The number of nitrogens with zero attached hydrogens (tertiary/aromatic N) is 2. The Hall–Kier alpha value is -2.14. The summed E-state index contributed by atoms with van der Waals surface area (Å²) in [6.45, 7) is 2.85. The highest BCUT2D eigenvalue weighted by Gasteiger charge is 2.13. The van der Waals surface area contributed by atoms with Gasteiger partial charge in [-0.3, -0.25) is 4.79 Å². The fourth-order valence-electron chi connectivity index (χ4n) is 2.11. The van der Waals surface area contributed by atoms with Crippen LogP contribution in [0.15, 0.2) is 40.9 Å². The summed E-state index contributed by atoms with van der Waals surface area (Å²) in [6.07, 6.45) is 2.48. The first-order chi connectivity index (χ1) is 10.2. The number of carbonyl (C=O) groups is 1. The van der Waals surface area contributed by atoms with E-state index in [0.29, 0.717) is 37.6 Å². The zero-order valence-corrected chi connectivity index (χ0v) is 12.2. The van der Waals surface area contributed by atoms with Crippen LogP contribution < -0.4 is 0 Å². The fourth-order valence-corrected chi connectivity index (χ4v) is 2.11. The summed E-state index contributed by atoms with van der Waals surface area (Å²) in [6, 6.07) is 9.73. The van der Waals surface area contributed by atoms with Gasteiger partial charge >= 0.3 is 0 Å². The number of hydrogen-bond acceptors (Lipinski definition) is 4. The van der Waals surface area contributed by atoms with Crippen molar-refractivity contribution in [3.8, 4) is 11.3 Å². The monoisotopic (exact) mass is 288 g/mol. The summed E-state index contributed by atoms with van der Waals surface area (Å²) in [5.41, 5.74) is 0.970.